The van der Waals surface area contributed by atoms with Gasteiger partial charge < -0.3 is 10.1 Å². The highest BCUT2D eigenvalue weighted by molar-refractivity contribution is 5.96. The Labute approximate surface area is 130 Å². The predicted octanol–water partition coefficient (Wildman–Crippen LogP) is 3.15. The molecular formula is C18H19NO3. The quantitative estimate of drug-likeness (QED) is 0.833. The zero-order chi connectivity index (χ0) is 15.9. The Kier molecular flexibility index (Phi) is 5.31. The highest BCUT2D eigenvalue weighted by atomic mass is 16.5. The van der Waals surface area contributed by atoms with Crippen molar-refractivity contribution in [3.63, 3.8) is 0 Å². The standard InChI is InChI=1S/C18H19NO3/c1-13(20)19-17(14-6-4-3-5-7-14)12-18(21)15-8-10-16(22-2)11-9-15/h3-11,17H,12H2,1-2H3,(H,19,20)/t17-/m0/s1. The lowest BCUT2D eigenvalue weighted by Gasteiger charge is -2.17. The van der Waals surface area contributed by atoms with E-state index < -0.39 is 0 Å². The molecule has 0 radical (unpaired) electrons. The maximum absolute atomic E-state index is 12.4. The molecule has 2 aromatic carbocycles. The predicted molar refractivity (Wildman–Crippen MR) is 84.9 cm³/mol. The minimum atomic E-state index is -0.326. The molecule has 2 rings (SSSR count). The van der Waals surface area contributed by atoms with E-state index >= 15 is 0 Å². The van der Waals surface area contributed by atoms with Crippen molar-refractivity contribution >= 4 is 11.7 Å². The van der Waals surface area contributed by atoms with Crippen LogP contribution >= 0.6 is 0 Å². The van der Waals surface area contributed by atoms with Crippen LogP contribution in [0.2, 0.25) is 0 Å². The third kappa shape index (κ3) is 4.19. The van der Waals surface area contributed by atoms with E-state index in [0.717, 1.165) is 5.56 Å². The number of carbonyl (C=O) groups excluding carboxylic acids is 2. The molecule has 0 unspecified atom stereocenters. The van der Waals surface area contributed by atoms with Crippen LogP contribution in [-0.2, 0) is 4.79 Å². The molecule has 0 aromatic heterocycles. The lowest BCUT2D eigenvalue weighted by atomic mass is 9.98. The molecule has 1 N–H and O–H groups in total. The number of nitrogens with one attached hydrogen (secondary N) is 1. The summed E-state index contributed by atoms with van der Waals surface area (Å²) in [6.45, 7) is 1.45. The summed E-state index contributed by atoms with van der Waals surface area (Å²) in [4.78, 5) is 23.8. The average Bonchev–Trinajstić information content (AvgIpc) is 2.54. The number of amides is 1. The van der Waals surface area contributed by atoms with Crippen molar-refractivity contribution in [3.8, 4) is 5.75 Å². The van der Waals surface area contributed by atoms with E-state index in [1.165, 1.54) is 6.92 Å². The SMILES string of the molecule is COc1ccc(C(=O)C[C@H](NC(C)=O)c2ccccc2)cc1. The number of hydrogen-bond acceptors (Lipinski definition) is 3. The normalized spacial score (nSPS) is 11.5. The maximum Gasteiger partial charge on any atom is 0.217 e. The molecule has 1 amide bonds. The van der Waals surface area contributed by atoms with Crippen LogP contribution in [0.4, 0.5) is 0 Å². The number of benzene rings is 2. The van der Waals surface area contributed by atoms with Gasteiger partial charge in [-0.15, -0.1) is 0 Å². The molecular weight excluding hydrogens is 278 g/mol. The minimum absolute atomic E-state index is 0.0229. The molecule has 0 heterocycles. The van der Waals surface area contributed by atoms with Gasteiger partial charge in [-0.25, -0.2) is 0 Å². The first kappa shape index (κ1) is 15.8. The van der Waals surface area contributed by atoms with Crippen molar-refractivity contribution < 1.29 is 14.3 Å². The fourth-order valence-electron chi connectivity index (χ4n) is 2.26. The van der Waals surface area contributed by atoms with Crippen LogP contribution in [0.3, 0.4) is 0 Å². The van der Waals surface area contributed by atoms with E-state index in [9.17, 15) is 9.59 Å². The summed E-state index contributed by atoms with van der Waals surface area (Å²) < 4.78 is 5.08. The van der Waals surface area contributed by atoms with Gasteiger partial charge in [-0.2, -0.15) is 0 Å². The molecule has 0 aliphatic carbocycles. The second kappa shape index (κ2) is 7.41. The Morgan fingerprint density at radius 3 is 2.23 bits per heavy atom. The summed E-state index contributed by atoms with van der Waals surface area (Å²) >= 11 is 0. The number of carbonyl (C=O) groups is 2. The fourth-order valence-corrected chi connectivity index (χ4v) is 2.26. The summed E-state index contributed by atoms with van der Waals surface area (Å²) in [6.07, 6.45) is 0.218. The van der Waals surface area contributed by atoms with E-state index in [1.807, 2.05) is 30.3 Å². The zero-order valence-electron chi connectivity index (χ0n) is 12.7. The summed E-state index contributed by atoms with van der Waals surface area (Å²) in [5.41, 5.74) is 1.52. The van der Waals surface area contributed by atoms with Crippen molar-refractivity contribution in [3.05, 3.63) is 65.7 Å². The summed E-state index contributed by atoms with van der Waals surface area (Å²) in [5.74, 6) is 0.527. The molecule has 114 valence electrons. The Hall–Kier alpha value is -2.62. The number of ether oxygens (including phenoxy) is 1. The third-order valence-corrected chi connectivity index (χ3v) is 3.38. The number of methoxy groups -OCH3 is 1. The monoisotopic (exact) mass is 297 g/mol. The van der Waals surface area contributed by atoms with Crippen LogP contribution in [0.25, 0.3) is 0 Å². The molecule has 22 heavy (non-hydrogen) atoms. The van der Waals surface area contributed by atoms with Gasteiger partial charge in [0.15, 0.2) is 5.78 Å². The topological polar surface area (TPSA) is 55.4 Å². The molecule has 0 aliphatic rings. The third-order valence-electron chi connectivity index (χ3n) is 3.38. The summed E-state index contributed by atoms with van der Waals surface area (Å²) in [6, 6.07) is 16.1. The van der Waals surface area contributed by atoms with Crippen LogP contribution in [0.15, 0.2) is 54.6 Å². The number of ketones is 1. The maximum atomic E-state index is 12.4. The minimum Gasteiger partial charge on any atom is -0.497 e. The van der Waals surface area contributed by atoms with E-state index in [1.54, 1.807) is 31.4 Å². The highest BCUT2D eigenvalue weighted by Gasteiger charge is 2.18. The fraction of sp³-hybridized carbons (Fsp3) is 0.222. The van der Waals surface area contributed by atoms with Crippen molar-refractivity contribution in [2.24, 2.45) is 0 Å². The highest BCUT2D eigenvalue weighted by Crippen LogP contribution is 2.20. The van der Waals surface area contributed by atoms with Gasteiger partial charge in [0.1, 0.15) is 5.75 Å². The molecule has 2 aromatic rings. The number of Topliss-reactive ketones (excluding diaryl/α,β-unsaturated/α-hetero) is 1. The molecule has 0 saturated carbocycles. The van der Waals surface area contributed by atoms with E-state index in [4.69, 9.17) is 4.74 Å². The first-order valence-corrected chi connectivity index (χ1v) is 7.09. The Bertz CT molecular complexity index is 635. The van der Waals surface area contributed by atoms with Gasteiger partial charge in [0.25, 0.3) is 0 Å². The lowest BCUT2D eigenvalue weighted by Crippen LogP contribution is -2.28. The van der Waals surface area contributed by atoms with Gasteiger partial charge in [0, 0.05) is 18.9 Å². The van der Waals surface area contributed by atoms with E-state index in [-0.39, 0.29) is 24.2 Å². The number of rotatable bonds is 6. The van der Waals surface area contributed by atoms with E-state index in [0.29, 0.717) is 11.3 Å². The molecule has 0 saturated heterocycles. The summed E-state index contributed by atoms with van der Waals surface area (Å²) in [5, 5.41) is 2.83. The van der Waals surface area contributed by atoms with Gasteiger partial charge in [-0.1, -0.05) is 30.3 Å². The van der Waals surface area contributed by atoms with Gasteiger partial charge in [0.05, 0.1) is 13.2 Å². The number of hydrogen-bond donors (Lipinski definition) is 1. The molecule has 0 bridgehead atoms. The average molecular weight is 297 g/mol. The molecule has 4 heteroatoms. The molecule has 0 aliphatic heterocycles. The van der Waals surface area contributed by atoms with Crippen LogP contribution in [0, 0.1) is 0 Å². The smallest absolute Gasteiger partial charge is 0.217 e. The van der Waals surface area contributed by atoms with Crippen molar-refractivity contribution in [2.75, 3.05) is 7.11 Å². The van der Waals surface area contributed by atoms with Gasteiger partial charge in [-0.3, -0.25) is 9.59 Å². The van der Waals surface area contributed by atoms with E-state index in [2.05, 4.69) is 5.32 Å². The van der Waals surface area contributed by atoms with Crippen LogP contribution in [-0.4, -0.2) is 18.8 Å². The molecule has 0 fully saturated rings. The van der Waals surface area contributed by atoms with Gasteiger partial charge in [0.2, 0.25) is 5.91 Å². The molecule has 1 atom stereocenters. The molecule has 4 nitrogen and oxygen atoms in total. The van der Waals surface area contributed by atoms with Crippen molar-refractivity contribution in [1.29, 1.82) is 0 Å². The first-order chi connectivity index (χ1) is 10.6. The van der Waals surface area contributed by atoms with Gasteiger partial charge in [-0.05, 0) is 29.8 Å². The van der Waals surface area contributed by atoms with Crippen molar-refractivity contribution in [1.82, 2.24) is 5.32 Å². The Morgan fingerprint density at radius 1 is 1.05 bits per heavy atom. The van der Waals surface area contributed by atoms with Gasteiger partial charge >= 0.3 is 0 Å². The summed E-state index contributed by atoms with van der Waals surface area (Å²) in [7, 11) is 1.58. The second-order valence-electron chi connectivity index (χ2n) is 5.02. The lowest BCUT2D eigenvalue weighted by molar-refractivity contribution is -0.119. The Morgan fingerprint density at radius 2 is 1.68 bits per heavy atom. The second-order valence-corrected chi connectivity index (χ2v) is 5.02. The largest absolute Gasteiger partial charge is 0.497 e. The molecule has 0 spiro atoms. The van der Waals surface area contributed by atoms with Crippen molar-refractivity contribution in [2.45, 2.75) is 19.4 Å². The first-order valence-electron chi connectivity index (χ1n) is 7.09. The van der Waals surface area contributed by atoms with Crippen LogP contribution < -0.4 is 10.1 Å². The Balaban J connectivity index is 2.15. The zero-order valence-corrected chi connectivity index (χ0v) is 12.7. The van der Waals surface area contributed by atoms with Crippen LogP contribution in [0.5, 0.6) is 5.75 Å². The van der Waals surface area contributed by atoms with Crippen LogP contribution in [0.1, 0.15) is 35.3 Å².